The normalized spacial score (nSPS) is 19.7. The lowest BCUT2D eigenvalue weighted by Crippen LogP contribution is -2.40. The van der Waals surface area contributed by atoms with Crippen molar-refractivity contribution >= 4 is 22.5 Å². The molecule has 0 spiro atoms. The first kappa shape index (κ1) is 16.5. The van der Waals surface area contributed by atoms with Gasteiger partial charge in [0.15, 0.2) is 0 Å². The fourth-order valence-corrected chi connectivity index (χ4v) is 3.20. The van der Waals surface area contributed by atoms with E-state index < -0.39 is 24.9 Å². The highest BCUT2D eigenvalue weighted by molar-refractivity contribution is 5.93. The number of carbonyl (C=O) groups is 1. The molecule has 0 radical (unpaired) electrons. The van der Waals surface area contributed by atoms with Gasteiger partial charge in [0.2, 0.25) is 5.91 Å². The molecule has 4 nitrogen and oxygen atoms in total. The number of hydrogen-bond acceptors (Lipinski definition) is 3. The molecule has 1 aliphatic heterocycles. The van der Waals surface area contributed by atoms with E-state index in [1.165, 1.54) is 6.92 Å². The van der Waals surface area contributed by atoms with Crippen molar-refractivity contribution in [1.29, 1.82) is 5.41 Å². The van der Waals surface area contributed by atoms with Crippen LogP contribution in [0.3, 0.4) is 0 Å². The maximum Gasteiger partial charge on any atom is 0.267 e. The molecule has 0 saturated carbocycles. The Labute approximate surface area is 139 Å². The molecular formula is C18H19F2N3O. The highest BCUT2D eigenvalue weighted by atomic mass is 19.3. The van der Waals surface area contributed by atoms with Crippen LogP contribution in [-0.2, 0) is 11.2 Å². The van der Waals surface area contributed by atoms with Gasteiger partial charge in [0.05, 0.1) is 24.5 Å². The van der Waals surface area contributed by atoms with Gasteiger partial charge in [-0.3, -0.25) is 9.78 Å². The van der Waals surface area contributed by atoms with E-state index in [0.29, 0.717) is 0 Å². The SMILES string of the molecule is CC(=N)C1CC(F)(F)CN1C(=O)Cc1ccnc2cc(C)ccc12. The molecule has 2 heterocycles. The molecule has 1 aromatic carbocycles. The molecule has 2 aromatic rings. The molecular weight excluding hydrogens is 312 g/mol. The predicted octanol–water partition coefficient (Wildman–Crippen LogP) is 3.36. The molecule has 1 fully saturated rings. The predicted molar refractivity (Wildman–Crippen MR) is 88.6 cm³/mol. The van der Waals surface area contributed by atoms with Crippen LogP contribution in [0.4, 0.5) is 8.78 Å². The van der Waals surface area contributed by atoms with Gasteiger partial charge in [0, 0.05) is 23.7 Å². The number of aryl methyl sites for hydroxylation is 1. The Morgan fingerprint density at radius 2 is 2.17 bits per heavy atom. The Kier molecular flexibility index (Phi) is 4.07. The molecule has 6 heteroatoms. The lowest BCUT2D eigenvalue weighted by Gasteiger charge is -2.23. The summed E-state index contributed by atoms with van der Waals surface area (Å²) >= 11 is 0. The maximum atomic E-state index is 13.7. The molecule has 1 amide bonds. The average molecular weight is 331 g/mol. The molecule has 0 aliphatic carbocycles. The molecule has 1 saturated heterocycles. The van der Waals surface area contributed by atoms with Crippen LogP contribution in [0.25, 0.3) is 10.9 Å². The molecule has 1 unspecified atom stereocenters. The summed E-state index contributed by atoms with van der Waals surface area (Å²) in [6.07, 6.45) is 1.19. The summed E-state index contributed by atoms with van der Waals surface area (Å²) in [6.45, 7) is 2.81. The number of carbonyl (C=O) groups excluding carboxylic acids is 1. The summed E-state index contributed by atoms with van der Waals surface area (Å²) in [5.74, 6) is -3.31. The van der Waals surface area contributed by atoms with Crippen molar-refractivity contribution in [3.8, 4) is 0 Å². The Hall–Kier alpha value is -2.37. The second-order valence-electron chi connectivity index (χ2n) is 6.45. The van der Waals surface area contributed by atoms with Crippen molar-refractivity contribution in [2.24, 2.45) is 0 Å². The molecule has 126 valence electrons. The number of halogens is 2. The number of nitrogens with one attached hydrogen (secondary N) is 1. The van der Waals surface area contributed by atoms with E-state index in [4.69, 9.17) is 5.41 Å². The second kappa shape index (κ2) is 5.92. The lowest BCUT2D eigenvalue weighted by molar-refractivity contribution is -0.131. The number of benzene rings is 1. The number of hydrogen-bond donors (Lipinski definition) is 1. The molecule has 24 heavy (non-hydrogen) atoms. The number of amides is 1. The third-order valence-electron chi connectivity index (χ3n) is 4.42. The highest BCUT2D eigenvalue weighted by Crippen LogP contribution is 2.33. The Morgan fingerprint density at radius 3 is 2.88 bits per heavy atom. The standard InChI is InChI=1S/C18H19F2N3O/c1-11-3-4-14-13(5-6-22-15(14)7-11)8-17(24)23-10-18(19,20)9-16(23)12(2)21/h3-7,16,21H,8-10H2,1-2H3. The first-order valence-corrected chi connectivity index (χ1v) is 7.83. The summed E-state index contributed by atoms with van der Waals surface area (Å²) < 4.78 is 27.4. The van der Waals surface area contributed by atoms with Crippen LogP contribution in [0.2, 0.25) is 0 Å². The number of rotatable bonds is 3. The number of fused-ring (bicyclic) bond motifs is 1. The Balaban J connectivity index is 1.88. The van der Waals surface area contributed by atoms with Crippen molar-refractivity contribution in [2.45, 2.75) is 38.7 Å². The second-order valence-corrected chi connectivity index (χ2v) is 6.45. The van der Waals surface area contributed by atoms with Crippen LogP contribution in [0.1, 0.15) is 24.5 Å². The third kappa shape index (κ3) is 3.13. The summed E-state index contributed by atoms with van der Waals surface area (Å²) in [4.78, 5) is 18.0. The third-order valence-corrected chi connectivity index (χ3v) is 4.42. The van der Waals surface area contributed by atoms with Crippen molar-refractivity contribution in [1.82, 2.24) is 9.88 Å². The van der Waals surface area contributed by atoms with Crippen molar-refractivity contribution < 1.29 is 13.6 Å². The zero-order valence-corrected chi connectivity index (χ0v) is 13.6. The fraction of sp³-hybridized carbons (Fsp3) is 0.389. The summed E-state index contributed by atoms with van der Waals surface area (Å²) in [7, 11) is 0. The van der Waals surface area contributed by atoms with E-state index in [1.807, 2.05) is 25.1 Å². The lowest BCUT2D eigenvalue weighted by atomic mass is 10.0. The Bertz CT molecular complexity index is 819. The number of nitrogens with zero attached hydrogens (tertiary/aromatic N) is 2. The average Bonchev–Trinajstić information content (AvgIpc) is 2.83. The summed E-state index contributed by atoms with van der Waals surface area (Å²) in [6, 6.07) is 6.70. The van der Waals surface area contributed by atoms with E-state index in [1.54, 1.807) is 12.3 Å². The van der Waals surface area contributed by atoms with Gasteiger partial charge in [-0.1, -0.05) is 12.1 Å². The minimum Gasteiger partial charge on any atom is -0.328 e. The monoisotopic (exact) mass is 331 g/mol. The minimum absolute atomic E-state index is 0.0297. The summed E-state index contributed by atoms with van der Waals surface area (Å²) in [5, 5.41) is 8.54. The van der Waals surface area contributed by atoms with Gasteiger partial charge < -0.3 is 10.3 Å². The first-order chi connectivity index (χ1) is 11.3. The van der Waals surface area contributed by atoms with Gasteiger partial charge in [-0.25, -0.2) is 8.78 Å². The van der Waals surface area contributed by atoms with Crippen LogP contribution < -0.4 is 0 Å². The molecule has 1 aliphatic rings. The van der Waals surface area contributed by atoms with Crippen molar-refractivity contribution in [3.05, 3.63) is 41.6 Å². The number of likely N-dealkylation sites (tertiary alicyclic amines) is 1. The van der Waals surface area contributed by atoms with E-state index in [0.717, 1.165) is 26.9 Å². The van der Waals surface area contributed by atoms with Crippen molar-refractivity contribution in [2.75, 3.05) is 6.54 Å². The molecule has 1 atom stereocenters. The van der Waals surface area contributed by atoms with Crippen LogP contribution in [0, 0.1) is 12.3 Å². The smallest absolute Gasteiger partial charge is 0.267 e. The number of pyridine rings is 1. The van der Waals surface area contributed by atoms with E-state index >= 15 is 0 Å². The summed E-state index contributed by atoms with van der Waals surface area (Å²) in [5.41, 5.74) is 2.71. The molecule has 1 N–H and O–H groups in total. The highest BCUT2D eigenvalue weighted by Gasteiger charge is 2.47. The van der Waals surface area contributed by atoms with Crippen molar-refractivity contribution in [3.63, 3.8) is 0 Å². The van der Waals surface area contributed by atoms with Crippen LogP contribution >= 0.6 is 0 Å². The zero-order chi connectivity index (χ0) is 17.5. The van der Waals surface area contributed by atoms with Crippen LogP contribution in [0.15, 0.2) is 30.5 Å². The van der Waals surface area contributed by atoms with Gasteiger partial charge >= 0.3 is 0 Å². The molecule has 0 bridgehead atoms. The largest absolute Gasteiger partial charge is 0.328 e. The quantitative estimate of drug-likeness (QED) is 0.877. The fourth-order valence-electron chi connectivity index (χ4n) is 3.20. The van der Waals surface area contributed by atoms with E-state index in [9.17, 15) is 13.6 Å². The Morgan fingerprint density at radius 1 is 1.42 bits per heavy atom. The van der Waals surface area contributed by atoms with Crippen LogP contribution in [-0.4, -0.2) is 40.0 Å². The van der Waals surface area contributed by atoms with Gasteiger partial charge in [-0.2, -0.15) is 0 Å². The van der Waals surface area contributed by atoms with Gasteiger partial charge in [0.25, 0.3) is 5.92 Å². The van der Waals surface area contributed by atoms with Gasteiger partial charge in [-0.15, -0.1) is 0 Å². The van der Waals surface area contributed by atoms with Gasteiger partial charge in [-0.05, 0) is 37.1 Å². The van der Waals surface area contributed by atoms with E-state index in [-0.39, 0.29) is 18.0 Å². The van der Waals surface area contributed by atoms with E-state index in [2.05, 4.69) is 4.98 Å². The topological polar surface area (TPSA) is 57.1 Å². The molecule has 3 rings (SSSR count). The zero-order valence-electron chi connectivity index (χ0n) is 13.6. The first-order valence-electron chi connectivity index (χ1n) is 7.83. The molecule has 1 aromatic heterocycles. The van der Waals surface area contributed by atoms with Crippen LogP contribution in [0.5, 0.6) is 0 Å². The number of aromatic nitrogens is 1. The van der Waals surface area contributed by atoms with Gasteiger partial charge in [0.1, 0.15) is 0 Å². The minimum atomic E-state index is -2.93. The maximum absolute atomic E-state index is 13.7. The number of alkyl halides is 2.